The van der Waals surface area contributed by atoms with E-state index in [1.165, 1.54) is 11.6 Å². The number of aliphatic hydroxyl groups is 1. The van der Waals surface area contributed by atoms with Crippen LogP contribution in [0.3, 0.4) is 0 Å². The molecule has 0 saturated heterocycles. The number of allylic oxidation sites excluding steroid dienone is 3. The fraction of sp³-hybridized carbons (Fsp3) is 0.556. The first kappa shape index (κ1) is 19.5. The second-order valence-electron chi connectivity index (χ2n) is 10.6. The Bertz CT molecular complexity index is 1020. The van der Waals surface area contributed by atoms with Gasteiger partial charge >= 0.3 is 0 Å². The summed E-state index contributed by atoms with van der Waals surface area (Å²) in [5.41, 5.74) is 0.524. The molecule has 8 atom stereocenters. The predicted octanol–water partition coefficient (Wildman–Crippen LogP) is 4.02. The first-order valence-corrected chi connectivity index (χ1v) is 11.7. The van der Waals surface area contributed by atoms with Crippen LogP contribution in [0.1, 0.15) is 44.6 Å². The number of ether oxygens (including phenoxy) is 1. The fourth-order valence-electron chi connectivity index (χ4n) is 8.80. The summed E-state index contributed by atoms with van der Waals surface area (Å²) in [7, 11) is 1.67. The molecular formula is C27H30O4. The second-order valence-corrected chi connectivity index (χ2v) is 10.6. The quantitative estimate of drug-likeness (QED) is 0.737. The van der Waals surface area contributed by atoms with Gasteiger partial charge in [0.2, 0.25) is 0 Å². The Hall–Kier alpha value is -2.20. The van der Waals surface area contributed by atoms with E-state index in [2.05, 4.69) is 31.2 Å². The molecule has 3 fully saturated rings. The van der Waals surface area contributed by atoms with Gasteiger partial charge in [-0.05, 0) is 53.4 Å². The number of Topliss-reactive ketones (excluding diaryl/α,β-unsaturated/α-hetero) is 1. The summed E-state index contributed by atoms with van der Waals surface area (Å²) in [4.78, 5) is 26.6. The lowest BCUT2D eigenvalue weighted by molar-refractivity contribution is -0.144. The fourth-order valence-corrected chi connectivity index (χ4v) is 8.80. The van der Waals surface area contributed by atoms with Crippen molar-refractivity contribution in [2.45, 2.75) is 50.5 Å². The molecule has 0 radical (unpaired) electrons. The van der Waals surface area contributed by atoms with Gasteiger partial charge in [-0.1, -0.05) is 50.1 Å². The van der Waals surface area contributed by atoms with Gasteiger partial charge < -0.3 is 9.84 Å². The van der Waals surface area contributed by atoms with E-state index in [9.17, 15) is 14.7 Å². The molecule has 4 heteroatoms. The second kappa shape index (κ2) is 6.19. The van der Waals surface area contributed by atoms with E-state index in [0.29, 0.717) is 0 Å². The number of rotatable bonds is 2. The largest absolute Gasteiger partial charge is 0.497 e. The van der Waals surface area contributed by atoms with Crippen LogP contribution in [0.15, 0.2) is 48.6 Å². The molecule has 1 N–H and O–H groups in total. The molecule has 5 aliphatic rings. The third kappa shape index (κ3) is 2.06. The number of methoxy groups -OCH3 is 1. The van der Waals surface area contributed by atoms with E-state index in [-0.39, 0.29) is 52.5 Å². The average Bonchev–Trinajstić information content (AvgIpc) is 3.17. The molecule has 0 spiro atoms. The van der Waals surface area contributed by atoms with Gasteiger partial charge in [-0.3, -0.25) is 9.59 Å². The van der Waals surface area contributed by atoms with Crippen molar-refractivity contribution in [1.29, 1.82) is 0 Å². The normalized spacial score (nSPS) is 47.1. The lowest BCUT2D eigenvalue weighted by atomic mass is 9.50. The molecule has 3 saturated carbocycles. The Balaban J connectivity index is 1.60. The number of aliphatic hydroxyl groups excluding tert-OH is 1. The zero-order valence-electron chi connectivity index (χ0n) is 18.2. The Morgan fingerprint density at radius 2 is 1.81 bits per heavy atom. The number of hydrogen-bond acceptors (Lipinski definition) is 4. The molecule has 4 nitrogen and oxygen atoms in total. The summed E-state index contributed by atoms with van der Waals surface area (Å²) < 4.78 is 5.40. The Morgan fingerprint density at radius 1 is 1.06 bits per heavy atom. The van der Waals surface area contributed by atoms with Crippen LogP contribution < -0.4 is 4.74 Å². The van der Waals surface area contributed by atoms with E-state index < -0.39 is 11.5 Å². The molecule has 1 aromatic rings. The molecule has 5 aliphatic carbocycles. The number of fused-ring (bicyclic) bond motifs is 4. The SMILES string of the molecule is COc1ccc([C@@]23C=C[C@@]4(CCCC[C@@]42C)[C@H]2[C@@H]4[C@H](O)C=CC(=O)[C@@H]4CC(=O)[C@H]23)cc1. The van der Waals surface area contributed by atoms with E-state index in [1.807, 2.05) is 12.1 Å². The van der Waals surface area contributed by atoms with E-state index in [0.717, 1.165) is 31.4 Å². The van der Waals surface area contributed by atoms with Crippen LogP contribution in [0.5, 0.6) is 5.75 Å². The maximum atomic E-state index is 13.8. The minimum absolute atomic E-state index is 0.0000478. The van der Waals surface area contributed by atoms with Crippen LogP contribution in [-0.2, 0) is 15.0 Å². The minimum atomic E-state index is -0.662. The summed E-state index contributed by atoms with van der Waals surface area (Å²) >= 11 is 0. The number of carbonyl (C=O) groups excluding carboxylic acids is 2. The average molecular weight is 419 g/mol. The van der Waals surface area contributed by atoms with Crippen molar-refractivity contribution in [3.8, 4) is 5.75 Å². The highest BCUT2D eigenvalue weighted by Crippen LogP contribution is 2.80. The molecule has 0 aromatic heterocycles. The topological polar surface area (TPSA) is 63.6 Å². The Morgan fingerprint density at radius 3 is 2.55 bits per heavy atom. The van der Waals surface area contributed by atoms with E-state index >= 15 is 0 Å². The molecule has 162 valence electrons. The van der Waals surface area contributed by atoms with Crippen LogP contribution in [0, 0.1) is 34.5 Å². The van der Waals surface area contributed by atoms with Crippen molar-refractivity contribution in [1.82, 2.24) is 0 Å². The molecular weight excluding hydrogens is 388 g/mol. The van der Waals surface area contributed by atoms with Gasteiger partial charge in [0.05, 0.1) is 13.2 Å². The molecule has 0 heterocycles. The van der Waals surface area contributed by atoms with Gasteiger partial charge in [-0.2, -0.15) is 0 Å². The summed E-state index contributed by atoms with van der Waals surface area (Å²) in [5, 5.41) is 11.1. The van der Waals surface area contributed by atoms with Crippen LogP contribution >= 0.6 is 0 Å². The molecule has 31 heavy (non-hydrogen) atoms. The zero-order chi connectivity index (χ0) is 21.6. The highest BCUT2D eigenvalue weighted by atomic mass is 16.5. The third-order valence-electron chi connectivity index (χ3n) is 9.98. The predicted molar refractivity (Wildman–Crippen MR) is 117 cm³/mol. The standard InChI is InChI=1S/C27H30O4/c1-25-11-3-4-12-26(25)13-14-27(25,16-5-7-17(31-2)8-6-16)23-21(30)15-18-19(28)9-10-20(29)22(18)24(23)26/h5-10,13-14,18,20,22-24,29H,3-4,11-12,15H2,1-2H3/t18-,20+,22-,23+,24-,25-,26-,27+/m0/s1. The highest BCUT2D eigenvalue weighted by Gasteiger charge is 2.79. The van der Waals surface area contributed by atoms with Crippen molar-refractivity contribution in [2.24, 2.45) is 34.5 Å². The first-order chi connectivity index (χ1) is 14.9. The smallest absolute Gasteiger partial charge is 0.159 e. The molecule has 0 aliphatic heterocycles. The summed E-state index contributed by atoms with van der Waals surface area (Å²) in [6.07, 6.45) is 11.9. The highest BCUT2D eigenvalue weighted by molar-refractivity contribution is 5.99. The number of ketones is 2. The van der Waals surface area contributed by atoms with Gasteiger partial charge in [0.1, 0.15) is 11.5 Å². The van der Waals surface area contributed by atoms with Crippen LogP contribution in [0.2, 0.25) is 0 Å². The number of carbonyl (C=O) groups is 2. The Labute approximate surface area is 183 Å². The maximum Gasteiger partial charge on any atom is 0.159 e. The maximum absolute atomic E-state index is 13.8. The van der Waals surface area contributed by atoms with Crippen molar-refractivity contribution >= 4 is 11.6 Å². The van der Waals surface area contributed by atoms with Crippen molar-refractivity contribution in [3.05, 3.63) is 54.1 Å². The van der Waals surface area contributed by atoms with Crippen LogP contribution in [0.25, 0.3) is 0 Å². The Kier molecular flexibility index (Phi) is 3.89. The first-order valence-electron chi connectivity index (χ1n) is 11.7. The van der Waals surface area contributed by atoms with Gasteiger partial charge in [0.25, 0.3) is 0 Å². The van der Waals surface area contributed by atoms with Gasteiger partial charge in [0.15, 0.2) is 5.78 Å². The molecule has 2 bridgehead atoms. The molecule has 0 unspecified atom stereocenters. The van der Waals surface area contributed by atoms with Crippen molar-refractivity contribution in [3.63, 3.8) is 0 Å². The van der Waals surface area contributed by atoms with Crippen molar-refractivity contribution < 1.29 is 19.4 Å². The summed E-state index contributed by atoms with van der Waals surface area (Å²) in [5.74, 6) is 0.283. The van der Waals surface area contributed by atoms with Gasteiger partial charge in [0, 0.05) is 29.6 Å². The monoisotopic (exact) mass is 418 g/mol. The van der Waals surface area contributed by atoms with Gasteiger partial charge in [-0.25, -0.2) is 0 Å². The number of hydrogen-bond donors (Lipinski definition) is 1. The minimum Gasteiger partial charge on any atom is -0.497 e. The van der Waals surface area contributed by atoms with E-state index in [1.54, 1.807) is 13.2 Å². The van der Waals surface area contributed by atoms with E-state index in [4.69, 9.17) is 4.74 Å². The van der Waals surface area contributed by atoms with Crippen molar-refractivity contribution in [2.75, 3.05) is 7.11 Å². The lowest BCUT2D eigenvalue weighted by Crippen LogP contribution is -2.55. The molecule has 0 amide bonds. The third-order valence-corrected chi connectivity index (χ3v) is 9.98. The van der Waals surface area contributed by atoms with Crippen LogP contribution in [0.4, 0.5) is 0 Å². The summed E-state index contributed by atoms with van der Waals surface area (Å²) in [6, 6.07) is 8.25. The number of benzene rings is 1. The van der Waals surface area contributed by atoms with Gasteiger partial charge in [-0.15, -0.1) is 0 Å². The molecule has 1 aromatic carbocycles. The zero-order valence-corrected chi connectivity index (χ0v) is 18.2. The molecule has 6 rings (SSSR count). The summed E-state index contributed by atoms with van der Waals surface area (Å²) in [6.45, 7) is 2.38. The lowest BCUT2D eigenvalue weighted by Gasteiger charge is -2.53. The van der Waals surface area contributed by atoms with Crippen LogP contribution in [-0.4, -0.2) is 29.9 Å².